The minimum absolute atomic E-state index is 0.442. The van der Waals surface area contributed by atoms with E-state index in [4.69, 9.17) is 19.7 Å². The lowest BCUT2D eigenvalue weighted by Gasteiger charge is -2.41. The van der Waals surface area contributed by atoms with Crippen LogP contribution in [0, 0.1) is 0 Å². The number of fused-ring (bicyclic) bond motifs is 9. The molecule has 1 aromatic heterocycles. The Morgan fingerprint density at radius 3 is 1.94 bits per heavy atom. The van der Waals surface area contributed by atoms with Crippen LogP contribution in [0.3, 0.4) is 0 Å². The molecule has 1 atom stereocenters. The normalized spacial score (nSPS) is 16.4. The Morgan fingerprint density at radius 2 is 1.07 bits per heavy atom. The van der Waals surface area contributed by atoms with E-state index in [0.717, 1.165) is 57.5 Å². The molecule has 0 fully saturated rings. The monoisotopic (exact) mass is 691 g/mol. The van der Waals surface area contributed by atoms with Gasteiger partial charge in [-0.05, 0) is 87.3 Å². The van der Waals surface area contributed by atoms with E-state index in [1.54, 1.807) is 0 Å². The van der Waals surface area contributed by atoms with Crippen molar-refractivity contribution in [2.45, 2.75) is 18.3 Å². The van der Waals surface area contributed by atoms with Crippen LogP contribution >= 0.6 is 0 Å². The molecule has 7 aromatic carbocycles. The molecular weight excluding hydrogens is 659 g/mol. The average molecular weight is 692 g/mol. The average Bonchev–Trinajstić information content (AvgIpc) is 3.54. The van der Waals surface area contributed by atoms with Crippen molar-refractivity contribution in [2.75, 3.05) is 0 Å². The Kier molecular flexibility index (Phi) is 6.86. The minimum Gasteiger partial charge on any atom is -0.457 e. The van der Waals surface area contributed by atoms with Gasteiger partial charge in [-0.25, -0.2) is 15.0 Å². The van der Waals surface area contributed by atoms with Crippen LogP contribution in [0.4, 0.5) is 0 Å². The highest BCUT2D eigenvalue weighted by molar-refractivity contribution is 5.93. The number of rotatable bonds is 4. The highest BCUT2D eigenvalue weighted by Crippen LogP contribution is 2.63. The van der Waals surface area contributed by atoms with Crippen LogP contribution in [0.1, 0.15) is 35.1 Å². The lowest BCUT2D eigenvalue weighted by atomic mass is 9.64. The summed E-state index contributed by atoms with van der Waals surface area (Å²) in [4.78, 5) is 15.2. The third kappa shape index (κ3) is 4.66. The van der Waals surface area contributed by atoms with Gasteiger partial charge in [0.05, 0.1) is 5.41 Å². The maximum atomic E-state index is 6.71. The quantitative estimate of drug-likeness (QED) is 0.184. The summed E-state index contributed by atoms with van der Waals surface area (Å²) < 4.78 is 6.71. The first kappa shape index (κ1) is 30.7. The summed E-state index contributed by atoms with van der Waals surface area (Å²) in [6.45, 7) is 0. The second kappa shape index (κ2) is 12.1. The van der Waals surface area contributed by atoms with Crippen molar-refractivity contribution < 1.29 is 4.74 Å². The lowest BCUT2D eigenvalue weighted by Crippen LogP contribution is -2.33. The molecule has 4 nitrogen and oxygen atoms in total. The molecule has 1 aliphatic heterocycles. The van der Waals surface area contributed by atoms with Crippen LogP contribution in [-0.2, 0) is 5.41 Å². The fourth-order valence-corrected chi connectivity index (χ4v) is 8.87. The predicted octanol–water partition coefficient (Wildman–Crippen LogP) is 12.3. The molecule has 0 radical (unpaired) electrons. The Labute approximate surface area is 313 Å². The Balaban J connectivity index is 1.08. The summed E-state index contributed by atoms with van der Waals surface area (Å²) in [5, 5.41) is 2.33. The zero-order chi connectivity index (χ0) is 35.6. The van der Waals surface area contributed by atoms with Gasteiger partial charge < -0.3 is 4.74 Å². The number of para-hydroxylation sites is 1. The van der Waals surface area contributed by atoms with E-state index < -0.39 is 5.41 Å². The van der Waals surface area contributed by atoms with Gasteiger partial charge in [0.25, 0.3) is 0 Å². The van der Waals surface area contributed by atoms with Gasteiger partial charge in [-0.2, -0.15) is 0 Å². The molecule has 0 N–H and O–H groups in total. The molecular formula is C50H33N3O. The van der Waals surface area contributed by atoms with Crippen molar-refractivity contribution >= 4 is 16.3 Å². The maximum absolute atomic E-state index is 6.71. The summed E-state index contributed by atoms with van der Waals surface area (Å²) in [5.74, 6) is 3.74. The zero-order valence-corrected chi connectivity index (χ0v) is 29.4. The molecule has 1 unspecified atom stereocenters. The van der Waals surface area contributed by atoms with Crippen molar-refractivity contribution in [2.24, 2.45) is 0 Å². The van der Waals surface area contributed by atoms with E-state index in [1.807, 2.05) is 30.3 Å². The van der Waals surface area contributed by atoms with E-state index in [0.29, 0.717) is 17.5 Å². The van der Waals surface area contributed by atoms with E-state index in [1.165, 1.54) is 38.8 Å². The van der Waals surface area contributed by atoms with Gasteiger partial charge >= 0.3 is 0 Å². The van der Waals surface area contributed by atoms with Gasteiger partial charge in [0.15, 0.2) is 17.5 Å². The molecule has 0 saturated carbocycles. The molecule has 254 valence electrons. The smallest absolute Gasteiger partial charge is 0.164 e. The van der Waals surface area contributed by atoms with Crippen LogP contribution in [0.5, 0.6) is 11.5 Å². The summed E-state index contributed by atoms with van der Waals surface area (Å²) in [6, 6.07) is 57.7. The van der Waals surface area contributed by atoms with Crippen LogP contribution in [0.25, 0.3) is 61.6 Å². The largest absolute Gasteiger partial charge is 0.457 e. The number of hydrogen-bond acceptors (Lipinski definition) is 4. The molecule has 54 heavy (non-hydrogen) atoms. The summed E-state index contributed by atoms with van der Waals surface area (Å²) >= 11 is 0. The maximum Gasteiger partial charge on any atom is 0.164 e. The number of aromatic nitrogens is 3. The van der Waals surface area contributed by atoms with Gasteiger partial charge in [0, 0.05) is 27.8 Å². The molecule has 2 heterocycles. The van der Waals surface area contributed by atoms with Crippen molar-refractivity contribution in [1.82, 2.24) is 15.0 Å². The van der Waals surface area contributed by atoms with Crippen LogP contribution in [0.15, 0.2) is 182 Å². The minimum atomic E-state index is -0.442. The van der Waals surface area contributed by atoms with Gasteiger partial charge in [0.2, 0.25) is 0 Å². The number of allylic oxidation sites excluding steroid dienone is 4. The Morgan fingerprint density at radius 1 is 0.444 bits per heavy atom. The van der Waals surface area contributed by atoms with Crippen LogP contribution in [0.2, 0.25) is 0 Å². The van der Waals surface area contributed by atoms with E-state index in [-0.39, 0.29) is 0 Å². The summed E-state index contributed by atoms with van der Waals surface area (Å²) in [7, 11) is 0. The SMILES string of the molecule is C1=CC2=C(CC1)C1(c3ccccc3Oc3ccc(-c4cccc(-c5nc(-c6ccccc6)nc(-c6ccc7ccccc7c6)n5)c4)cc31)c1ccccc12. The van der Waals surface area contributed by atoms with Crippen LogP contribution < -0.4 is 4.74 Å². The third-order valence-corrected chi connectivity index (χ3v) is 11.3. The highest BCUT2D eigenvalue weighted by Gasteiger charge is 2.52. The van der Waals surface area contributed by atoms with Crippen LogP contribution in [-0.4, -0.2) is 15.0 Å². The molecule has 0 saturated heterocycles. The third-order valence-electron chi connectivity index (χ3n) is 11.3. The molecule has 4 heteroatoms. The Bertz CT molecular complexity index is 2870. The first-order valence-electron chi connectivity index (χ1n) is 18.6. The number of benzene rings is 7. The molecule has 0 bridgehead atoms. The lowest BCUT2D eigenvalue weighted by molar-refractivity contribution is 0.432. The first-order chi connectivity index (χ1) is 26.7. The van der Waals surface area contributed by atoms with E-state index in [9.17, 15) is 0 Å². The van der Waals surface area contributed by atoms with Crippen molar-refractivity contribution in [3.8, 4) is 56.8 Å². The molecule has 8 aromatic rings. The van der Waals surface area contributed by atoms with Gasteiger partial charge in [-0.3, -0.25) is 0 Å². The number of ether oxygens (including phenoxy) is 1. The summed E-state index contributed by atoms with van der Waals surface area (Å²) in [5.41, 5.74) is 12.4. The summed E-state index contributed by atoms with van der Waals surface area (Å²) in [6.07, 6.45) is 6.67. The van der Waals surface area contributed by atoms with E-state index >= 15 is 0 Å². The second-order valence-electron chi connectivity index (χ2n) is 14.3. The van der Waals surface area contributed by atoms with Crippen molar-refractivity contribution in [1.29, 1.82) is 0 Å². The molecule has 11 rings (SSSR count). The Hall–Kier alpha value is -6.91. The first-order valence-corrected chi connectivity index (χ1v) is 18.6. The van der Waals surface area contributed by atoms with Gasteiger partial charge in [-0.1, -0.05) is 146 Å². The van der Waals surface area contributed by atoms with E-state index in [2.05, 4.69) is 146 Å². The standard InChI is InChI=1S/C50H33N3O/c1-2-14-33(15-3-1)47-51-48(53-49(52-47)38-26-25-32-13-4-5-16-34(32)29-38)37-18-12-17-35(30-37)36-27-28-46-44(31-36)50(43-23-10-11-24-45(43)54-46)41-21-8-6-19-39(41)40-20-7-9-22-42(40)50/h1-8,10-21,23-31H,9,22H2. The van der Waals surface area contributed by atoms with Crippen molar-refractivity contribution in [3.63, 3.8) is 0 Å². The predicted molar refractivity (Wildman–Crippen MR) is 217 cm³/mol. The molecule has 0 amide bonds. The van der Waals surface area contributed by atoms with Gasteiger partial charge in [0.1, 0.15) is 11.5 Å². The number of hydrogen-bond donors (Lipinski definition) is 0. The number of nitrogens with zero attached hydrogens (tertiary/aromatic N) is 3. The fourth-order valence-electron chi connectivity index (χ4n) is 8.87. The molecule has 2 aliphatic carbocycles. The zero-order valence-electron chi connectivity index (χ0n) is 29.4. The van der Waals surface area contributed by atoms with Crippen molar-refractivity contribution in [3.05, 3.63) is 204 Å². The highest BCUT2D eigenvalue weighted by atomic mass is 16.5. The fraction of sp³-hybridized carbons (Fsp3) is 0.0600. The molecule has 3 aliphatic rings. The topological polar surface area (TPSA) is 47.9 Å². The second-order valence-corrected chi connectivity index (χ2v) is 14.3. The van der Waals surface area contributed by atoms with Gasteiger partial charge in [-0.15, -0.1) is 0 Å². The molecule has 1 spiro atoms.